The number of nitrogens with zero attached hydrogens (tertiary/aromatic N) is 1. The summed E-state index contributed by atoms with van der Waals surface area (Å²) in [7, 11) is 0. The quantitative estimate of drug-likeness (QED) is 0.742. The van der Waals surface area contributed by atoms with Gasteiger partial charge in [-0.15, -0.1) is 0 Å². The van der Waals surface area contributed by atoms with Crippen LogP contribution in [-0.2, 0) is 4.79 Å². The summed E-state index contributed by atoms with van der Waals surface area (Å²) in [4.78, 5) is 22.3. The third-order valence-electron chi connectivity index (χ3n) is 2.66. The van der Waals surface area contributed by atoms with Crippen molar-refractivity contribution in [2.24, 2.45) is 0 Å². The van der Waals surface area contributed by atoms with Gasteiger partial charge in [0.1, 0.15) is 0 Å². The standard InChI is InChI=1S/C14H13N3O3/c1-9-12(8-15-17-9)14(20)16-11-5-2-10(3-6-11)4-7-13(18)19/h2-8H,1H3,(H,15,17)(H,16,20)(H,18,19). The first kappa shape index (κ1) is 13.5. The summed E-state index contributed by atoms with van der Waals surface area (Å²) in [5.41, 5.74) is 2.55. The van der Waals surface area contributed by atoms with Crippen molar-refractivity contribution in [3.8, 4) is 0 Å². The second-order valence-corrected chi connectivity index (χ2v) is 4.16. The Balaban J connectivity index is 2.06. The van der Waals surface area contributed by atoms with Crippen LogP contribution in [0.3, 0.4) is 0 Å². The van der Waals surface area contributed by atoms with Crippen LogP contribution in [-0.4, -0.2) is 27.2 Å². The highest BCUT2D eigenvalue weighted by atomic mass is 16.4. The number of carbonyl (C=O) groups excluding carboxylic acids is 1. The van der Waals surface area contributed by atoms with Gasteiger partial charge >= 0.3 is 5.97 Å². The van der Waals surface area contributed by atoms with E-state index in [9.17, 15) is 9.59 Å². The van der Waals surface area contributed by atoms with E-state index in [0.717, 1.165) is 11.6 Å². The van der Waals surface area contributed by atoms with Crippen LogP contribution in [0.4, 0.5) is 5.69 Å². The Bertz CT molecular complexity index is 657. The molecule has 0 atom stereocenters. The summed E-state index contributed by atoms with van der Waals surface area (Å²) in [5, 5.41) is 17.8. The summed E-state index contributed by atoms with van der Waals surface area (Å²) < 4.78 is 0. The fourth-order valence-corrected chi connectivity index (χ4v) is 1.62. The van der Waals surface area contributed by atoms with Gasteiger partial charge in [0.2, 0.25) is 0 Å². The molecule has 0 radical (unpaired) electrons. The molecule has 0 bridgehead atoms. The third-order valence-corrected chi connectivity index (χ3v) is 2.66. The minimum atomic E-state index is -1.00. The zero-order valence-electron chi connectivity index (χ0n) is 10.8. The number of anilines is 1. The Morgan fingerprint density at radius 3 is 2.55 bits per heavy atom. The van der Waals surface area contributed by atoms with E-state index in [2.05, 4.69) is 15.5 Å². The van der Waals surface area contributed by atoms with Crippen LogP contribution in [0, 0.1) is 6.92 Å². The molecule has 2 rings (SSSR count). The van der Waals surface area contributed by atoms with Gasteiger partial charge in [-0.1, -0.05) is 12.1 Å². The Hall–Kier alpha value is -2.89. The number of carbonyl (C=O) groups is 2. The molecule has 20 heavy (non-hydrogen) atoms. The summed E-state index contributed by atoms with van der Waals surface area (Å²) >= 11 is 0. The van der Waals surface area contributed by atoms with Crippen molar-refractivity contribution >= 4 is 23.6 Å². The Morgan fingerprint density at radius 1 is 1.30 bits per heavy atom. The van der Waals surface area contributed by atoms with E-state index in [1.54, 1.807) is 31.2 Å². The fraction of sp³-hybridized carbons (Fsp3) is 0.0714. The molecule has 0 aliphatic heterocycles. The van der Waals surface area contributed by atoms with Crippen LogP contribution in [0.2, 0.25) is 0 Å². The number of carboxylic acid groups (broad SMARTS) is 1. The molecule has 0 fully saturated rings. The van der Waals surface area contributed by atoms with Crippen LogP contribution in [0.15, 0.2) is 36.5 Å². The van der Waals surface area contributed by atoms with Crippen molar-refractivity contribution in [1.29, 1.82) is 0 Å². The highest BCUT2D eigenvalue weighted by Gasteiger charge is 2.10. The molecule has 0 aliphatic rings. The molecule has 0 saturated carbocycles. The van der Waals surface area contributed by atoms with Crippen molar-refractivity contribution in [2.75, 3.05) is 5.32 Å². The normalized spacial score (nSPS) is 10.7. The van der Waals surface area contributed by atoms with E-state index >= 15 is 0 Å². The summed E-state index contributed by atoms with van der Waals surface area (Å²) in [6.45, 7) is 1.77. The lowest BCUT2D eigenvalue weighted by atomic mass is 10.2. The average Bonchev–Trinajstić information content (AvgIpc) is 2.84. The van der Waals surface area contributed by atoms with E-state index in [0.29, 0.717) is 16.9 Å². The van der Waals surface area contributed by atoms with Crippen molar-refractivity contribution in [3.05, 3.63) is 53.4 Å². The summed E-state index contributed by atoms with van der Waals surface area (Å²) in [5.74, 6) is -1.25. The van der Waals surface area contributed by atoms with Crippen molar-refractivity contribution in [3.63, 3.8) is 0 Å². The molecule has 6 nitrogen and oxygen atoms in total. The van der Waals surface area contributed by atoms with E-state index in [-0.39, 0.29) is 5.91 Å². The molecule has 102 valence electrons. The maximum Gasteiger partial charge on any atom is 0.328 e. The molecule has 1 amide bonds. The van der Waals surface area contributed by atoms with Crippen LogP contribution >= 0.6 is 0 Å². The van der Waals surface area contributed by atoms with Crippen LogP contribution in [0.1, 0.15) is 21.6 Å². The van der Waals surface area contributed by atoms with Crippen molar-refractivity contribution < 1.29 is 14.7 Å². The first-order chi connectivity index (χ1) is 9.56. The predicted molar refractivity (Wildman–Crippen MR) is 74.4 cm³/mol. The zero-order chi connectivity index (χ0) is 14.5. The first-order valence-corrected chi connectivity index (χ1v) is 5.88. The number of carboxylic acids is 1. The highest BCUT2D eigenvalue weighted by molar-refractivity contribution is 6.04. The van der Waals surface area contributed by atoms with Gasteiger partial charge in [0.05, 0.1) is 11.8 Å². The minimum Gasteiger partial charge on any atom is -0.478 e. The molecule has 0 spiro atoms. The van der Waals surface area contributed by atoms with Crippen molar-refractivity contribution in [1.82, 2.24) is 10.2 Å². The summed E-state index contributed by atoms with van der Waals surface area (Å²) in [6, 6.07) is 6.85. The summed E-state index contributed by atoms with van der Waals surface area (Å²) in [6.07, 6.45) is 4.01. The van der Waals surface area contributed by atoms with Gasteiger partial charge < -0.3 is 10.4 Å². The number of aromatic amines is 1. The number of rotatable bonds is 4. The topological polar surface area (TPSA) is 95.1 Å². The van der Waals surface area contributed by atoms with Crippen LogP contribution in [0.25, 0.3) is 6.08 Å². The number of hydrogen-bond donors (Lipinski definition) is 3. The van der Waals surface area contributed by atoms with E-state index in [4.69, 9.17) is 5.11 Å². The largest absolute Gasteiger partial charge is 0.478 e. The third kappa shape index (κ3) is 3.32. The molecular formula is C14H13N3O3. The van der Waals surface area contributed by atoms with Crippen LogP contribution in [0.5, 0.6) is 0 Å². The van der Waals surface area contributed by atoms with Gasteiger partial charge in [-0.05, 0) is 30.7 Å². The number of H-pyrrole nitrogens is 1. The number of aryl methyl sites for hydroxylation is 1. The fourth-order valence-electron chi connectivity index (χ4n) is 1.62. The lowest BCUT2D eigenvalue weighted by Crippen LogP contribution is -2.12. The predicted octanol–water partition coefficient (Wildman–Crippen LogP) is 2.07. The van der Waals surface area contributed by atoms with Gasteiger partial charge in [-0.3, -0.25) is 9.89 Å². The maximum atomic E-state index is 11.9. The van der Waals surface area contributed by atoms with Gasteiger partial charge in [0, 0.05) is 17.5 Å². The lowest BCUT2D eigenvalue weighted by molar-refractivity contribution is -0.131. The molecule has 3 N–H and O–H groups in total. The number of amides is 1. The van der Waals surface area contributed by atoms with E-state index in [1.807, 2.05) is 0 Å². The van der Waals surface area contributed by atoms with Gasteiger partial charge in [-0.25, -0.2) is 4.79 Å². The molecular weight excluding hydrogens is 258 g/mol. The Kier molecular flexibility index (Phi) is 3.95. The number of aromatic nitrogens is 2. The molecule has 0 aliphatic carbocycles. The smallest absolute Gasteiger partial charge is 0.328 e. The minimum absolute atomic E-state index is 0.245. The average molecular weight is 271 g/mol. The van der Waals surface area contributed by atoms with Crippen molar-refractivity contribution in [2.45, 2.75) is 6.92 Å². The van der Waals surface area contributed by atoms with Gasteiger partial charge in [-0.2, -0.15) is 5.10 Å². The monoisotopic (exact) mass is 271 g/mol. The first-order valence-electron chi connectivity index (χ1n) is 5.88. The number of hydrogen-bond acceptors (Lipinski definition) is 3. The Morgan fingerprint density at radius 2 is 2.00 bits per heavy atom. The zero-order valence-corrected chi connectivity index (χ0v) is 10.8. The second-order valence-electron chi connectivity index (χ2n) is 4.16. The molecule has 6 heteroatoms. The molecule has 1 aromatic heterocycles. The highest BCUT2D eigenvalue weighted by Crippen LogP contribution is 2.13. The molecule has 2 aromatic rings. The molecule has 0 unspecified atom stereocenters. The molecule has 1 heterocycles. The number of aliphatic carboxylic acids is 1. The molecule has 1 aromatic carbocycles. The second kappa shape index (κ2) is 5.83. The molecule has 0 saturated heterocycles. The maximum absolute atomic E-state index is 11.9. The van der Waals surface area contributed by atoms with E-state index < -0.39 is 5.97 Å². The van der Waals surface area contributed by atoms with Crippen LogP contribution < -0.4 is 5.32 Å². The number of nitrogens with one attached hydrogen (secondary N) is 2. The lowest BCUT2D eigenvalue weighted by Gasteiger charge is -2.04. The Labute approximate surface area is 115 Å². The van der Waals surface area contributed by atoms with Gasteiger partial charge in [0.25, 0.3) is 5.91 Å². The SMILES string of the molecule is Cc1[nH]ncc1C(=O)Nc1ccc(C=CC(=O)O)cc1. The van der Waals surface area contributed by atoms with Gasteiger partial charge in [0.15, 0.2) is 0 Å². The van der Waals surface area contributed by atoms with E-state index in [1.165, 1.54) is 12.3 Å². The number of benzene rings is 1.